The average Bonchev–Trinajstić information content (AvgIpc) is 2.81. The van der Waals surface area contributed by atoms with Crippen molar-refractivity contribution in [1.82, 2.24) is 4.98 Å². The Hall–Kier alpha value is -3.61. The third-order valence-corrected chi connectivity index (χ3v) is 5.25. The van der Waals surface area contributed by atoms with E-state index in [0.29, 0.717) is 23.4 Å². The number of pyridine rings is 1. The smallest absolute Gasteiger partial charge is 0.226 e. The number of hydrogen-bond donors (Lipinski definition) is 0. The van der Waals surface area contributed by atoms with Crippen LogP contribution < -0.4 is 9.64 Å². The molecule has 0 saturated heterocycles. The predicted molar refractivity (Wildman–Crippen MR) is 119 cm³/mol. The number of aryl methyl sites for hydroxylation is 1. The maximum atomic E-state index is 14.7. The monoisotopic (exact) mass is 438 g/mol. The number of carbonyl (C=O) groups is 2. The first kappa shape index (κ1) is 23.1. The maximum Gasteiger partial charge on any atom is 0.226 e. The fourth-order valence-corrected chi connectivity index (χ4v) is 3.43. The summed E-state index contributed by atoms with van der Waals surface area (Å²) in [7, 11) is 3.01. The normalized spacial score (nSPS) is 10.7. The van der Waals surface area contributed by atoms with Gasteiger partial charge in [-0.05, 0) is 47.9 Å². The number of methoxy groups -OCH3 is 1. The van der Waals surface area contributed by atoms with Gasteiger partial charge in [0.2, 0.25) is 11.8 Å². The number of ether oxygens (including phenoxy) is 1. The Labute approximate surface area is 185 Å². The fourth-order valence-electron chi connectivity index (χ4n) is 3.43. The molecule has 2 aromatic carbocycles. The number of hydrogen-bond acceptors (Lipinski definition) is 4. The molecule has 3 aromatic rings. The van der Waals surface area contributed by atoms with Crippen LogP contribution in [0.4, 0.5) is 14.5 Å². The highest BCUT2D eigenvalue weighted by Gasteiger charge is 2.17. The minimum absolute atomic E-state index is 0.0259. The van der Waals surface area contributed by atoms with Crippen LogP contribution >= 0.6 is 0 Å². The van der Waals surface area contributed by atoms with Crippen LogP contribution in [-0.4, -0.2) is 30.8 Å². The molecule has 0 radical (unpaired) electrons. The summed E-state index contributed by atoms with van der Waals surface area (Å²) in [4.78, 5) is 29.7. The van der Waals surface area contributed by atoms with E-state index in [-0.39, 0.29) is 35.8 Å². The predicted octanol–water partition coefficient (Wildman–Crippen LogP) is 5.22. The molecular weight excluding hydrogens is 414 g/mol. The van der Waals surface area contributed by atoms with Gasteiger partial charge in [0.05, 0.1) is 18.4 Å². The van der Waals surface area contributed by atoms with Crippen LogP contribution in [0.25, 0.3) is 11.1 Å². The van der Waals surface area contributed by atoms with Crippen molar-refractivity contribution in [2.24, 2.45) is 0 Å². The zero-order chi connectivity index (χ0) is 23.3. The van der Waals surface area contributed by atoms with E-state index in [4.69, 9.17) is 4.74 Å². The Morgan fingerprint density at radius 1 is 1.03 bits per heavy atom. The quantitative estimate of drug-likeness (QED) is 0.452. The van der Waals surface area contributed by atoms with Gasteiger partial charge in [-0.3, -0.25) is 9.59 Å². The lowest BCUT2D eigenvalue weighted by Gasteiger charge is -2.18. The number of nitrogens with zero attached hydrogens (tertiary/aromatic N) is 2. The molecule has 0 atom stereocenters. The third-order valence-electron chi connectivity index (χ3n) is 5.25. The molecule has 7 heteroatoms. The van der Waals surface area contributed by atoms with Crippen molar-refractivity contribution in [2.45, 2.75) is 26.2 Å². The van der Waals surface area contributed by atoms with E-state index < -0.39 is 11.6 Å². The lowest BCUT2D eigenvalue weighted by molar-refractivity contribution is -0.118. The Kier molecular flexibility index (Phi) is 7.30. The summed E-state index contributed by atoms with van der Waals surface area (Å²) < 4.78 is 34.4. The first-order chi connectivity index (χ1) is 15.3. The number of halogens is 2. The molecule has 0 aliphatic rings. The van der Waals surface area contributed by atoms with E-state index in [0.717, 1.165) is 5.56 Å². The topological polar surface area (TPSA) is 59.5 Å². The Morgan fingerprint density at radius 2 is 1.72 bits per heavy atom. The highest BCUT2D eigenvalue weighted by atomic mass is 19.1. The van der Waals surface area contributed by atoms with Gasteiger partial charge in [0.1, 0.15) is 11.6 Å². The lowest BCUT2D eigenvalue weighted by Crippen LogP contribution is -2.25. The zero-order valence-corrected chi connectivity index (χ0v) is 18.2. The van der Waals surface area contributed by atoms with Gasteiger partial charge in [0.15, 0.2) is 5.78 Å². The van der Waals surface area contributed by atoms with Crippen molar-refractivity contribution in [2.75, 3.05) is 19.1 Å². The van der Waals surface area contributed by atoms with Crippen molar-refractivity contribution >= 4 is 17.4 Å². The number of benzene rings is 2. The van der Waals surface area contributed by atoms with E-state index in [2.05, 4.69) is 4.98 Å². The molecule has 0 unspecified atom stereocenters. The second-order valence-electron chi connectivity index (χ2n) is 7.26. The summed E-state index contributed by atoms with van der Waals surface area (Å²) in [5.74, 6) is -1.38. The Bertz CT molecular complexity index is 1150. The standard InChI is InChI=1S/C25H24F2N2O3/c1-4-24(31)29(2)22-11-8-18(15-21(22)27)17-7-10-19(20(26)14-17)23(30)12-9-16-6-5-13-28-25(16)32-3/h5-8,10-11,13-15H,4,9,12H2,1-3H3. The van der Waals surface area contributed by atoms with E-state index in [1.165, 1.54) is 43.3 Å². The van der Waals surface area contributed by atoms with Crippen LogP contribution in [0.15, 0.2) is 54.7 Å². The molecule has 1 heterocycles. The van der Waals surface area contributed by atoms with Crippen LogP contribution in [0.3, 0.4) is 0 Å². The largest absolute Gasteiger partial charge is 0.481 e. The number of aromatic nitrogens is 1. The van der Waals surface area contributed by atoms with Gasteiger partial charge in [0, 0.05) is 31.6 Å². The molecule has 0 aliphatic heterocycles. The average molecular weight is 438 g/mol. The number of carbonyl (C=O) groups excluding carboxylic acids is 2. The van der Waals surface area contributed by atoms with Crippen LogP contribution in [0.2, 0.25) is 0 Å². The van der Waals surface area contributed by atoms with Gasteiger partial charge < -0.3 is 9.64 Å². The zero-order valence-electron chi connectivity index (χ0n) is 18.2. The third kappa shape index (κ3) is 4.99. The molecule has 166 valence electrons. The van der Waals surface area contributed by atoms with Gasteiger partial charge in [0.25, 0.3) is 0 Å². The SMILES string of the molecule is CCC(=O)N(C)c1ccc(-c2ccc(C(=O)CCc3cccnc3OC)c(F)c2)cc1F. The van der Waals surface area contributed by atoms with Gasteiger partial charge in [-0.1, -0.05) is 25.1 Å². The molecule has 1 aromatic heterocycles. The minimum atomic E-state index is -0.673. The molecule has 3 rings (SSSR count). The van der Waals surface area contributed by atoms with E-state index in [1.807, 2.05) is 6.07 Å². The Balaban J connectivity index is 1.77. The fraction of sp³-hybridized carbons (Fsp3) is 0.240. The number of amides is 1. The van der Waals surface area contributed by atoms with Gasteiger partial charge in [-0.2, -0.15) is 0 Å². The molecule has 0 saturated carbocycles. The summed E-state index contributed by atoms with van der Waals surface area (Å²) >= 11 is 0. The molecular formula is C25H24F2N2O3. The molecule has 0 fully saturated rings. The van der Waals surface area contributed by atoms with Crippen LogP contribution in [0.5, 0.6) is 5.88 Å². The summed E-state index contributed by atoms with van der Waals surface area (Å²) in [6.45, 7) is 1.70. The van der Waals surface area contributed by atoms with Crippen LogP contribution in [-0.2, 0) is 11.2 Å². The summed E-state index contributed by atoms with van der Waals surface area (Å²) in [6.07, 6.45) is 2.32. The van der Waals surface area contributed by atoms with Gasteiger partial charge in [-0.25, -0.2) is 13.8 Å². The minimum Gasteiger partial charge on any atom is -0.481 e. The molecule has 5 nitrogen and oxygen atoms in total. The van der Waals surface area contributed by atoms with E-state index in [9.17, 15) is 18.4 Å². The van der Waals surface area contributed by atoms with Crippen molar-refractivity contribution < 1.29 is 23.1 Å². The molecule has 0 aliphatic carbocycles. The maximum absolute atomic E-state index is 14.7. The van der Waals surface area contributed by atoms with Crippen molar-refractivity contribution in [3.63, 3.8) is 0 Å². The first-order valence-corrected chi connectivity index (χ1v) is 10.2. The number of Topliss-reactive ketones (excluding diaryl/α,β-unsaturated/α-hetero) is 1. The number of ketones is 1. The summed E-state index contributed by atoms with van der Waals surface area (Å²) in [6, 6.07) is 12.1. The first-order valence-electron chi connectivity index (χ1n) is 10.2. The number of anilines is 1. The van der Waals surface area contributed by atoms with Gasteiger partial charge >= 0.3 is 0 Å². The number of rotatable bonds is 8. The Morgan fingerprint density at radius 3 is 2.34 bits per heavy atom. The van der Waals surface area contributed by atoms with Crippen molar-refractivity contribution in [3.8, 4) is 17.0 Å². The van der Waals surface area contributed by atoms with Gasteiger partial charge in [-0.15, -0.1) is 0 Å². The van der Waals surface area contributed by atoms with E-state index in [1.54, 1.807) is 31.3 Å². The lowest BCUT2D eigenvalue weighted by atomic mass is 9.98. The van der Waals surface area contributed by atoms with Crippen LogP contribution in [0, 0.1) is 11.6 Å². The molecule has 0 bridgehead atoms. The molecule has 0 N–H and O–H groups in total. The molecule has 32 heavy (non-hydrogen) atoms. The van der Waals surface area contributed by atoms with Crippen LogP contribution in [0.1, 0.15) is 35.7 Å². The highest BCUT2D eigenvalue weighted by molar-refractivity contribution is 5.97. The molecule has 1 amide bonds. The summed E-state index contributed by atoms with van der Waals surface area (Å²) in [5, 5.41) is 0. The van der Waals surface area contributed by atoms with Crippen molar-refractivity contribution in [3.05, 3.63) is 77.5 Å². The highest BCUT2D eigenvalue weighted by Crippen LogP contribution is 2.28. The summed E-state index contributed by atoms with van der Waals surface area (Å²) in [5.41, 5.74) is 1.77. The van der Waals surface area contributed by atoms with E-state index >= 15 is 0 Å². The second-order valence-corrected chi connectivity index (χ2v) is 7.26. The van der Waals surface area contributed by atoms with Crippen molar-refractivity contribution in [1.29, 1.82) is 0 Å². The molecule has 0 spiro atoms. The second kappa shape index (κ2) is 10.1.